The monoisotopic (exact) mass is 312 g/mol. The van der Waals surface area contributed by atoms with Crippen molar-refractivity contribution in [2.24, 2.45) is 0 Å². The van der Waals surface area contributed by atoms with Gasteiger partial charge in [-0.25, -0.2) is 4.79 Å². The van der Waals surface area contributed by atoms with Crippen LogP contribution in [-0.4, -0.2) is 42.7 Å². The molecule has 0 unspecified atom stereocenters. The second-order valence-electron chi connectivity index (χ2n) is 4.50. The number of amides is 2. The summed E-state index contributed by atoms with van der Waals surface area (Å²) >= 11 is 0. The van der Waals surface area contributed by atoms with E-state index in [9.17, 15) is 4.79 Å². The zero-order valence-corrected chi connectivity index (χ0v) is 13.8. The quantitative estimate of drug-likeness (QED) is 0.543. The summed E-state index contributed by atoms with van der Waals surface area (Å²) in [5.41, 5.74) is 0.777. The van der Waals surface area contributed by atoms with Gasteiger partial charge >= 0.3 is 14.8 Å². The van der Waals surface area contributed by atoms with Crippen LogP contribution in [0.1, 0.15) is 12.8 Å². The van der Waals surface area contributed by atoms with E-state index in [1.54, 1.807) is 21.3 Å². The summed E-state index contributed by atoms with van der Waals surface area (Å²) < 4.78 is 16.0. The minimum atomic E-state index is -2.48. The van der Waals surface area contributed by atoms with Gasteiger partial charge in [0, 0.05) is 39.6 Å². The van der Waals surface area contributed by atoms with E-state index in [2.05, 4.69) is 10.6 Å². The molecule has 0 saturated heterocycles. The average Bonchev–Trinajstić information content (AvgIpc) is 2.52. The first-order valence-electron chi connectivity index (χ1n) is 6.91. The van der Waals surface area contributed by atoms with Crippen LogP contribution in [0.4, 0.5) is 10.5 Å². The number of benzene rings is 1. The van der Waals surface area contributed by atoms with Crippen molar-refractivity contribution in [3.63, 3.8) is 0 Å². The van der Waals surface area contributed by atoms with Gasteiger partial charge in [0.25, 0.3) is 0 Å². The van der Waals surface area contributed by atoms with Crippen LogP contribution < -0.4 is 10.6 Å². The van der Waals surface area contributed by atoms with E-state index in [0.717, 1.165) is 24.6 Å². The molecular formula is C14H24N2O4Si. The predicted molar refractivity (Wildman–Crippen MR) is 84.3 cm³/mol. The predicted octanol–water partition coefficient (Wildman–Crippen LogP) is 2.47. The number of para-hydroxylation sites is 1. The average molecular weight is 312 g/mol. The molecule has 0 atom stereocenters. The Kier molecular flexibility index (Phi) is 7.99. The number of rotatable bonds is 9. The molecule has 2 N–H and O–H groups in total. The van der Waals surface area contributed by atoms with Crippen molar-refractivity contribution in [2.75, 3.05) is 33.2 Å². The summed E-state index contributed by atoms with van der Waals surface area (Å²) in [5, 5.41) is 5.58. The van der Waals surface area contributed by atoms with Crippen LogP contribution in [0.2, 0.25) is 6.04 Å². The smallest absolute Gasteiger partial charge is 0.377 e. The van der Waals surface area contributed by atoms with Crippen LogP contribution in [0.5, 0.6) is 0 Å². The first-order valence-corrected chi connectivity index (χ1v) is 8.84. The SMILES string of the molecule is CO[Si](CCCCNC(=O)Nc1ccccc1)(OC)OC. The van der Waals surface area contributed by atoms with Gasteiger partial charge in [0.1, 0.15) is 0 Å². The normalized spacial score (nSPS) is 11.2. The molecule has 2 amide bonds. The lowest BCUT2D eigenvalue weighted by Gasteiger charge is -2.24. The molecule has 0 spiro atoms. The van der Waals surface area contributed by atoms with Crippen molar-refractivity contribution >= 4 is 20.5 Å². The number of anilines is 1. The molecule has 0 bridgehead atoms. The van der Waals surface area contributed by atoms with Crippen LogP contribution in [0, 0.1) is 0 Å². The lowest BCUT2D eigenvalue weighted by Crippen LogP contribution is -2.42. The molecule has 1 rings (SSSR count). The highest BCUT2D eigenvalue weighted by molar-refractivity contribution is 6.60. The summed E-state index contributed by atoms with van der Waals surface area (Å²) in [5.74, 6) is 0. The molecular weight excluding hydrogens is 288 g/mol. The van der Waals surface area contributed by atoms with Crippen molar-refractivity contribution in [2.45, 2.75) is 18.9 Å². The fourth-order valence-corrected chi connectivity index (χ4v) is 3.72. The Morgan fingerprint density at radius 1 is 1.05 bits per heavy atom. The Morgan fingerprint density at radius 3 is 2.24 bits per heavy atom. The zero-order valence-electron chi connectivity index (χ0n) is 12.8. The van der Waals surface area contributed by atoms with Gasteiger partial charge in [-0.15, -0.1) is 0 Å². The molecule has 0 heterocycles. The van der Waals surface area contributed by atoms with Crippen LogP contribution in [0.3, 0.4) is 0 Å². The van der Waals surface area contributed by atoms with Crippen LogP contribution >= 0.6 is 0 Å². The number of carbonyl (C=O) groups excluding carboxylic acids is 1. The maximum atomic E-state index is 11.7. The minimum Gasteiger partial charge on any atom is -0.377 e. The summed E-state index contributed by atoms with van der Waals surface area (Å²) in [6.07, 6.45) is 1.71. The van der Waals surface area contributed by atoms with Crippen molar-refractivity contribution in [3.05, 3.63) is 30.3 Å². The van der Waals surface area contributed by atoms with Crippen molar-refractivity contribution in [1.29, 1.82) is 0 Å². The van der Waals surface area contributed by atoms with Gasteiger partial charge in [-0.1, -0.05) is 18.2 Å². The third kappa shape index (κ3) is 6.26. The molecule has 0 fully saturated rings. The van der Waals surface area contributed by atoms with Gasteiger partial charge < -0.3 is 23.9 Å². The molecule has 0 aliphatic heterocycles. The highest BCUT2D eigenvalue weighted by Crippen LogP contribution is 2.15. The molecule has 1 aromatic rings. The molecule has 6 nitrogen and oxygen atoms in total. The highest BCUT2D eigenvalue weighted by Gasteiger charge is 2.36. The van der Waals surface area contributed by atoms with Gasteiger partial charge in [0.15, 0.2) is 0 Å². The highest BCUT2D eigenvalue weighted by atomic mass is 28.4. The number of hydrogen-bond acceptors (Lipinski definition) is 4. The second-order valence-corrected chi connectivity index (χ2v) is 7.59. The van der Waals surface area contributed by atoms with Gasteiger partial charge in [0.2, 0.25) is 0 Å². The van der Waals surface area contributed by atoms with E-state index in [0.29, 0.717) is 6.54 Å². The summed E-state index contributed by atoms with van der Waals surface area (Å²) in [4.78, 5) is 11.7. The third-order valence-electron chi connectivity index (χ3n) is 3.16. The van der Waals surface area contributed by atoms with E-state index in [1.807, 2.05) is 30.3 Å². The van der Waals surface area contributed by atoms with Gasteiger partial charge in [-0.3, -0.25) is 0 Å². The van der Waals surface area contributed by atoms with Crippen LogP contribution in [0.15, 0.2) is 30.3 Å². The number of carbonyl (C=O) groups is 1. The zero-order chi connectivity index (χ0) is 15.6. The third-order valence-corrected chi connectivity index (χ3v) is 5.99. The molecule has 1 aromatic carbocycles. The molecule has 0 saturated carbocycles. The van der Waals surface area contributed by atoms with Crippen LogP contribution in [0.25, 0.3) is 0 Å². The Balaban J connectivity index is 2.18. The van der Waals surface area contributed by atoms with Gasteiger partial charge in [0.05, 0.1) is 0 Å². The standard InChI is InChI=1S/C14H24N2O4Si/c1-18-21(19-2,20-3)12-8-7-11-15-14(17)16-13-9-5-4-6-10-13/h4-6,9-10H,7-8,11-12H2,1-3H3,(H2,15,16,17). The summed E-state index contributed by atoms with van der Waals surface area (Å²) in [7, 11) is 2.32. The Morgan fingerprint density at radius 2 is 1.67 bits per heavy atom. The van der Waals surface area contributed by atoms with E-state index in [-0.39, 0.29) is 6.03 Å². The van der Waals surface area contributed by atoms with Gasteiger partial charge in [-0.05, 0) is 25.0 Å². The molecule has 21 heavy (non-hydrogen) atoms. The number of hydrogen-bond donors (Lipinski definition) is 2. The van der Waals surface area contributed by atoms with Crippen LogP contribution in [-0.2, 0) is 13.3 Å². The lowest BCUT2D eigenvalue weighted by molar-refractivity contribution is 0.123. The minimum absolute atomic E-state index is 0.199. The van der Waals surface area contributed by atoms with Crippen molar-refractivity contribution in [1.82, 2.24) is 5.32 Å². The maximum absolute atomic E-state index is 11.7. The molecule has 0 aliphatic rings. The topological polar surface area (TPSA) is 68.8 Å². The summed E-state index contributed by atoms with van der Waals surface area (Å²) in [6.45, 7) is 0.598. The Bertz CT molecular complexity index is 404. The molecule has 0 aromatic heterocycles. The number of nitrogens with one attached hydrogen (secondary N) is 2. The first kappa shape index (κ1) is 17.6. The number of urea groups is 1. The molecule has 0 radical (unpaired) electrons. The molecule has 118 valence electrons. The fraction of sp³-hybridized carbons (Fsp3) is 0.500. The van der Waals surface area contributed by atoms with E-state index in [4.69, 9.17) is 13.3 Å². The van der Waals surface area contributed by atoms with E-state index < -0.39 is 8.80 Å². The summed E-state index contributed by atoms with van der Waals surface area (Å²) in [6, 6.07) is 9.87. The van der Waals surface area contributed by atoms with Gasteiger partial charge in [-0.2, -0.15) is 0 Å². The van der Waals surface area contributed by atoms with Crippen molar-refractivity contribution < 1.29 is 18.1 Å². The van der Waals surface area contributed by atoms with Crippen molar-refractivity contribution in [3.8, 4) is 0 Å². The maximum Gasteiger partial charge on any atom is 0.500 e. The first-order chi connectivity index (χ1) is 10.2. The molecule has 0 aliphatic carbocycles. The van der Waals surface area contributed by atoms with E-state index in [1.165, 1.54) is 0 Å². The fourth-order valence-electron chi connectivity index (χ4n) is 1.92. The largest absolute Gasteiger partial charge is 0.500 e. The second kappa shape index (κ2) is 9.51. The van der Waals surface area contributed by atoms with E-state index >= 15 is 0 Å². The Labute approximate surface area is 127 Å². The molecule has 7 heteroatoms. The lowest BCUT2D eigenvalue weighted by atomic mass is 10.3. The Hall–Kier alpha value is -1.41. The number of unbranched alkanes of at least 4 members (excludes halogenated alkanes) is 1.